The first-order valence-corrected chi connectivity index (χ1v) is 9.76. The van der Waals surface area contributed by atoms with Gasteiger partial charge in [0.25, 0.3) is 0 Å². The third kappa shape index (κ3) is 4.36. The van der Waals surface area contributed by atoms with E-state index in [1.807, 2.05) is 6.92 Å². The zero-order valence-electron chi connectivity index (χ0n) is 13.8. The van der Waals surface area contributed by atoms with Gasteiger partial charge in [-0.15, -0.1) is 0 Å². The standard InChI is InChI=1S/C18H19NO4S2/c1-14-2-8-17(9-3-14)25(20,21)23-16-6-4-15(5-7-16)18(24)19-10-12-22-13-11-19/h2-9H,10-13H2,1H3. The molecule has 1 saturated heterocycles. The van der Waals surface area contributed by atoms with E-state index in [2.05, 4.69) is 4.90 Å². The Morgan fingerprint density at radius 3 is 2.24 bits per heavy atom. The van der Waals surface area contributed by atoms with Crippen molar-refractivity contribution in [3.05, 3.63) is 59.7 Å². The average molecular weight is 377 g/mol. The van der Waals surface area contributed by atoms with Gasteiger partial charge < -0.3 is 13.8 Å². The molecule has 25 heavy (non-hydrogen) atoms. The molecule has 1 heterocycles. The van der Waals surface area contributed by atoms with E-state index in [4.69, 9.17) is 21.1 Å². The second-order valence-corrected chi connectivity index (χ2v) is 7.71. The monoisotopic (exact) mass is 377 g/mol. The predicted octanol–water partition coefficient (Wildman–Crippen LogP) is 2.77. The number of nitrogens with zero attached hydrogens (tertiary/aromatic N) is 1. The minimum Gasteiger partial charge on any atom is -0.379 e. The molecule has 0 atom stereocenters. The average Bonchev–Trinajstić information content (AvgIpc) is 2.62. The highest BCUT2D eigenvalue weighted by molar-refractivity contribution is 7.87. The first kappa shape index (κ1) is 17.8. The van der Waals surface area contributed by atoms with Gasteiger partial charge in [0.1, 0.15) is 15.6 Å². The van der Waals surface area contributed by atoms with E-state index < -0.39 is 10.1 Å². The Morgan fingerprint density at radius 2 is 1.64 bits per heavy atom. The van der Waals surface area contributed by atoms with Crippen LogP contribution in [0.1, 0.15) is 11.1 Å². The lowest BCUT2D eigenvalue weighted by Crippen LogP contribution is -2.40. The Bertz CT molecular complexity index is 840. The van der Waals surface area contributed by atoms with Gasteiger partial charge in [-0.3, -0.25) is 0 Å². The Hall–Kier alpha value is -1.96. The number of benzene rings is 2. The van der Waals surface area contributed by atoms with Crippen LogP contribution in [0, 0.1) is 6.92 Å². The van der Waals surface area contributed by atoms with Gasteiger partial charge in [-0.2, -0.15) is 8.42 Å². The van der Waals surface area contributed by atoms with Crippen LogP contribution in [0.2, 0.25) is 0 Å². The van der Waals surface area contributed by atoms with Crippen molar-refractivity contribution < 1.29 is 17.3 Å². The number of hydrogen-bond acceptors (Lipinski definition) is 5. The molecule has 0 aliphatic carbocycles. The van der Waals surface area contributed by atoms with Crippen molar-refractivity contribution >= 4 is 27.3 Å². The summed E-state index contributed by atoms with van der Waals surface area (Å²) in [6, 6.07) is 13.3. The van der Waals surface area contributed by atoms with Gasteiger partial charge in [0.05, 0.1) is 13.2 Å². The van der Waals surface area contributed by atoms with Crippen LogP contribution in [-0.2, 0) is 14.9 Å². The molecule has 7 heteroatoms. The number of rotatable bonds is 4. The molecular weight excluding hydrogens is 358 g/mol. The maximum absolute atomic E-state index is 12.3. The minimum absolute atomic E-state index is 0.131. The summed E-state index contributed by atoms with van der Waals surface area (Å²) in [6.07, 6.45) is 0. The smallest absolute Gasteiger partial charge is 0.339 e. The number of aryl methyl sites for hydroxylation is 1. The molecule has 0 spiro atoms. The van der Waals surface area contributed by atoms with Crippen molar-refractivity contribution in [2.24, 2.45) is 0 Å². The van der Waals surface area contributed by atoms with E-state index in [0.29, 0.717) is 13.2 Å². The lowest BCUT2D eigenvalue weighted by molar-refractivity contribution is 0.0693. The zero-order valence-corrected chi connectivity index (χ0v) is 15.5. The summed E-state index contributed by atoms with van der Waals surface area (Å²) in [5.41, 5.74) is 1.84. The van der Waals surface area contributed by atoms with Gasteiger partial charge >= 0.3 is 10.1 Å². The van der Waals surface area contributed by atoms with E-state index in [9.17, 15) is 8.42 Å². The van der Waals surface area contributed by atoms with Gasteiger partial charge in [0.15, 0.2) is 0 Å². The topological polar surface area (TPSA) is 55.8 Å². The molecule has 0 radical (unpaired) electrons. The first-order valence-electron chi connectivity index (χ1n) is 7.94. The molecule has 0 aromatic heterocycles. The van der Waals surface area contributed by atoms with E-state index in [-0.39, 0.29) is 10.6 Å². The van der Waals surface area contributed by atoms with Crippen LogP contribution in [-0.4, -0.2) is 44.6 Å². The van der Waals surface area contributed by atoms with Gasteiger partial charge in [-0.25, -0.2) is 0 Å². The van der Waals surface area contributed by atoms with Crippen molar-refractivity contribution in [3.8, 4) is 5.75 Å². The van der Waals surface area contributed by atoms with E-state index in [1.165, 1.54) is 12.1 Å². The molecule has 0 amide bonds. The zero-order chi connectivity index (χ0) is 17.9. The summed E-state index contributed by atoms with van der Waals surface area (Å²) in [5.74, 6) is 0.258. The fourth-order valence-corrected chi connectivity index (χ4v) is 3.73. The molecule has 2 aromatic rings. The lowest BCUT2D eigenvalue weighted by atomic mass is 10.2. The SMILES string of the molecule is Cc1ccc(S(=O)(=O)Oc2ccc(C(=S)N3CCOCC3)cc2)cc1. The van der Waals surface area contributed by atoms with Crippen LogP contribution in [0.25, 0.3) is 0 Å². The maximum atomic E-state index is 12.3. The molecule has 0 unspecified atom stereocenters. The van der Waals surface area contributed by atoms with E-state index in [1.54, 1.807) is 36.4 Å². The van der Waals surface area contributed by atoms with E-state index >= 15 is 0 Å². The molecular formula is C18H19NO4S2. The van der Waals surface area contributed by atoms with Crippen LogP contribution in [0.5, 0.6) is 5.75 Å². The molecule has 0 bridgehead atoms. The highest BCUT2D eigenvalue weighted by Crippen LogP contribution is 2.20. The Labute approximate surface area is 153 Å². The Kier molecular flexibility index (Phi) is 5.36. The fourth-order valence-electron chi connectivity index (χ4n) is 2.48. The van der Waals surface area contributed by atoms with Gasteiger partial charge in [0.2, 0.25) is 0 Å². The molecule has 5 nitrogen and oxygen atoms in total. The van der Waals surface area contributed by atoms with E-state index in [0.717, 1.165) is 29.2 Å². The van der Waals surface area contributed by atoms with Crippen molar-refractivity contribution in [1.82, 2.24) is 4.90 Å². The first-order chi connectivity index (χ1) is 12.0. The normalized spacial score (nSPS) is 15.0. The summed E-state index contributed by atoms with van der Waals surface area (Å²) in [4.78, 5) is 2.94. The van der Waals surface area contributed by atoms with Gasteiger partial charge in [-0.05, 0) is 43.3 Å². The van der Waals surface area contributed by atoms with Crippen LogP contribution < -0.4 is 4.18 Å². The van der Waals surface area contributed by atoms with Crippen molar-refractivity contribution in [2.45, 2.75) is 11.8 Å². The van der Waals surface area contributed by atoms with Crippen molar-refractivity contribution in [3.63, 3.8) is 0 Å². The van der Waals surface area contributed by atoms with Crippen LogP contribution in [0.3, 0.4) is 0 Å². The van der Waals surface area contributed by atoms with Crippen molar-refractivity contribution in [1.29, 1.82) is 0 Å². The molecule has 0 N–H and O–H groups in total. The van der Waals surface area contributed by atoms with Gasteiger partial charge in [0, 0.05) is 18.7 Å². The van der Waals surface area contributed by atoms with Crippen LogP contribution in [0.4, 0.5) is 0 Å². The number of ether oxygens (including phenoxy) is 1. The summed E-state index contributed by atoms with van der Waals surface area (Å²) in [6.45, 7) is 4.75. The summed E-state index contributed by atoms with van der Waals surface area (Å²) < 4.78 is 35.1. The summed E-state index contributed by atoms with van der Waals surface area (Å²) >= 11 is 5.49. The maximum Gasteiger partial charge on any atom is 0.339 e. The number of hydrogen-bond donors (Lipinski definition) is 0. The summed E-state index contributed by atoms with van der Waals surface area (Å²) in [7, 11) is -3.84. The highest BCUT2D eigenvalue weighted by Gasteiger charge is 2.18. The predicted molar refractivity (Wildman–Crippen MR) is 99.5 cm³/mol. The molecule has 132 valence electrons. The Balaban J connectivity index is 1.71. The third-order valence-electron chi connectivity index (χ3n) is 3.92. The molecule has 1 fully saturated rings. The third-order valence-corrected chi connectivity index (χ3v) is 5.67. The molecule has 2 aromatic carbocycles. The van der Waals surface area contributed by atoms with Gasteiger partial charge in [-0.1, -0.05) is 29.9 Å². The largest absolute Gasteiger partial charge is 0.379 e. The quantitative estimate of drug-likeness (QED) is 0.603. The summed E-state index contributed by atoms with van der Waals surface area (Å²) in [5, 5.41) is 0. The molecule has 1 aliphatic rings. The van der Waals surface area contributed by atoms with Crippen LogP contribution >= 0.6 is 12.2 Å². The second kappa shape index (κ2) is 7.51. The minimum atomic E-state index is -3.84. The highest BCUT2D eigenvalue weighted by atomic mass is 32.2. The molecule has 1 aliphatic heterocycles. The van der Waals surface area contributed by atoms with Crippen molar-refractivity contribution in [2.75, 3.05) is 26.3 Å². The molecule has 0 saturated carbocycles. The lowest BCUT2D eigenvalue weighted by Gasteiger charge is -2.29. The molecule has 3 rings (SSSR count). The fraction of sp³-hybridized carbons (Fsp3) is 0.278. The Morgan fingerprint density at radius 1 is 1.04 bits per heavy atom. The number of thiocarbonyl (C=S) groups is 1. The number of morpholine rings is 1. The van der Waals surface area contributed by atoms with Crippen LogP contribution in [0.15, 0.2) is 53.4 Å². The second-order valence-electron chi connectivity index (χ2n) is 5.78.